The van der Waals surface area contributed by atoms with Crippen LogP contribution in [0, 0.1) is 11.8 Å². The van der Waals surface area contributed by atoms with Gasteiger partial charge in [-0.05, 0) is 88.5 Å². The second kappa shape index (κ2) is 15.0. The molecule has 198 valence electrons. The van der Waals surface area contributed by atoms with E-state index in [0.717, 1.165) is 37.2 Å². The minimum absolute atomic E-state index is 0.172. The van der Waals surface area contributed by atoms with E-state index in [1.165, 1.54) is 62.5 Å². The second-order valence-electron chi connectivity index (χ2n) is 11.7. The summed E-state index contributed by atoms with van der Waals surface area (Å²) >= 11 is 0. The molecule has 0 spiro atoms. The lowest BCUT2D eigenvalue weighted by molar-refractivity contribution is 0.0971. The molecule has 0 N–H and O–H groups in total. The van der Waals surface area contributed by atoms with Gasteiger partial charge in [0.05, 0.1) is 0 Å². The van der Waals surface area contributed by atoms with Gasteiger partial charge in [-0.2, -0.15) is 0 Å². The van der Waals surface area contributed by atoms with Gasteiger partial charge >= 0.3 is 0 Å². The molecular formula is C32H58O2. The first-order valence-electron chi connectivity index (χ1n) is 14.6. The zero-order valence-corrected chi connectivity index (χ0v) is 24.6. The van der Waals surface area contributed by atoms with Crippen LogP contribution >= 0.6 is 0 Å². The van der Waals surface area contributed by atoms with Crippen molar-refractivity contribution >= 4 is 0 Å². The Labute approximate surface area is 213 Å². The van der Waals surface area contributed by atoms with Gasteiger partial charge in [-0.1, -0.05) is 92.9 Å². The third kappa shape index (κ3) is 10.6. The zero-order chi connectivity index (χ0) is 25.8. The molecule has 0 aromatic heterocycles. The summed E-state index contributed by atoms with van der Waals surface area (Å²) < 4.78 is 13.4. The Bertz CT molecular complexity index is 629. The number of unbranched alkanes of at least 4 members (excludes halogenated alkanes) is 2. The average molecular weight is 475 g/mol. The van der Waals surface area contributed by atoms with Crippen LogP contribution in [0.15, 0.2) is 12.1 Å². The quantitative estimate of drug-likeness (QED) is 0.211. The van der Waals surface area contributed by atoms with Crippen molar-refractivity contribution in [2.45, 2.75) is 157 Å². The zero-order valence-electron chi connectivity index (χ0n) is 24.6. The molecule has 0 amide bonds. The standard InChI is InChI=1S/C32H58O2/c1-11-17-19-25(13-3)21-27-23-30(34-32(9,10)16-6)28(22-26(14-4)20-18-12-2)24-29(27)33-31(7,8)15-5/h23-26H,11-22H2,1-10H3. The van der Waals surface area contributed by atoms with E-state index in [1.807, 2.05) is 0 Å². The Morgan fingerprint density at radius 3 is 1.24 bits per heavy atom. The normalized spacial score (nSPS) is 14.2. The van der Waals surface area contributed by atoms with Crippen LogP contribution in [0.2, 0.25) is 0 Å². The van der Waals surface area contributed by atoms with Crippen molar-refractivity contribution in [1.82, 2.24) is 0 Å². The lowest BCUT2D eigenvalue weighted by Gasteiger charge is -2.31. The van der Waals surface area contributed by atoms with Gasteiger partial charge in [-0.15, -0.1) is 0 Å². The van der Waals surface area contributed by atoms with Gasteiger partial charge < -0.3 is 9.47 Å². The van der Waals surface area contributed by atoms with Crippen LogP contribution in [-0.2, 0) is 12.8 Å². The van der Waals surface area contributed by atoms with Gasteiger partial charge in [0.15, 0.2) is 0 Å². The highest BCUT2D eigenvalue weighted by Gasteiger charge is 2.25. The SMILES string of the molecule is CCCCC(CC)Cc1cc(OC(C)(C)CC)c(CC(CC)CCCC)cc1OC(C)(C)CC. The number of ether oxygens (including phenoxy) is 2. The third-order valence-corrected chi connectivity index (χ3v) is 7.82. The van der Waals surface area contributed by atoms with Crippen LogP contribution < -0.4 is 9.47 Å². The van der Waals surface area contributed by atoms with Crippen molar-refractivity contribution in [3.63, 3.8) is 0 Å². The van der Waals surface area contributed by atoms with E-state index < -0.39 is 0 Å². The maximum atomic E-state index is 6.72. The first-order chi connectivity index (χ1) is 16.0. The Morgan fingerprint density at radius 2 is 0.971 bits per heavy atom. The minimum atomic E-state index is -0.172. The predicted octanol–water partition coefficient (Wildman–Crippen LogP) is 10.3. The maximum absolute atomic E-state index is 6.72. The summed E-state index contributed by atoms with van der Waals surface area (Å²) in [7, 11) is 0. The number of benzene rings is 1. The molecular weight excluding hydrogens is 416 g/mol. The molecule has 2 unspecified atom stereocenters. The summed E-state index contributed by atoms with van der Waals surface area (Å²) in [5.41, 5.74) is 2.32. The minimum Gasteiger partial charge on any atom is -0.488 e. The van der Waals surface area contributed by atoms with Gasteiger partial charge in [0.1, 0.15) is 22.7 Å². The van der Waals surface area contributed by atoms with Gasteiger partial charge in [0.2, 0.25) is 0 Å². The van der Waals surface area contributed by atoms with Gasteiger partial charge in [-0.3, -0.25) is 0 Å². The summed E-state index contributed by atoms with van der Waals surface area (Å²) in [6.45, 7) is 22.5. The first kappa shape index (κ1) is 30.9. The summed E-state index contributed by atoms with van der Waals surface area (Å²) in [5.74, 6) is 3.56. The lowest BCUT2D eigenvalue weighted by Crippen LogP contribution is -2.29. The molecule has 1 aromatic rings. The van der Waals surface area contributed by atoms with E-state index in [4.69, 9.17) is 9.47 Å². The molecule has 0 saturated heterocycles. The molecule has 0 bridgehead atoms. The summed E-state index contributed by atoms with van der Waals surface area (Å²) in [6, 6.07) is 4.71. The maximum Gasteiger partial charge on any atom is 0.123 e. The van der Waals surface area contributed by atoms with E-state index >= 15 is 0 Å². The van der Waals surface area contributed by atoms with Crippen LogP contribution in [0.3, 0.4) is 0 Å². The number of hydrogen-bond acceptors (Lipinski definition) is 2. The van der Waals surface area contributed by atoms with Gasteiger partial charge in [-0.25, -0.2) is 0 Å². The molecule has 0 aliphatic rings. The fourth-order valence-corrected chi connectivity index (χ4v) is 4.40. The Hall–Kier alpha value is -1.18. The molecule has 0 saturated carbocycles. The Kier molecular flexibility index (Phi) is 13.7. The van der Waals surface area contributed by atoms with Crippen molar-refractivity contribution in [3.05, 3.63) is 23.3 Å². The monoisotopic (exact) mass is 474 g/mol. The molecule has 0 heterocycles. The average Bonchev–Trinajstić information content (AvgIpc) is 2.81. The molecule has 0 radical (unpaired) electrons. The highest BCUT2D eigenvalue weighted by molar-refractivity contribution is 5.47. The van der Waals surface area contributed by atoms with Crippen molar-refractivity contribution in [3.8, 4) is 11.5 Å². The molecule has 2 heteroatoms. The molecule has 0 fully saturated rings. The van der Waals surface area contributed by atoms with Crippen LogP contribution in [0.25, 0.3) is 0 Å². The highest BCUT2D eigenvalue weighted by atomic mass is 16.5. The van der Waals surface area contributed by atoms with Gasteiger partial charge in [0.25, 0.3) is 0 Å². The first-order valence-corrected chi connectivity index (χ1v) is 14.6. The van der Waals surface area contributed by atoms with Crippen LogP contribution in [0.5, 0.6) is 11.5 Å². The Balaban J connectivity index is 3.52. The molecule has 0 aliphatic heterocycles. The largest absolute Gasteiger partial charge is 0.488 e. The molecule has 2 nitrogen and oxygen atoms in total. The number of hydrogen-bond donors (Lipinski definition) is 0. The molecule has 1 aromatic carbocycles. The fourth-order valence-electron chi connectivity index (χ4n) is 4.40. The lowest BCUT2D eigenvalue weighted by atomic mass is 9.88. The van der Waals surface area contributed by atoms with Crippen molar-refractivity contribution in [2.24, 2.45) is 11.8 Å². The van der Waals surface area contributed by atoms with E-state index in [9.17, 15) is 0 Å². The van der Waals surface area contributed by atoms with Crippen LogP contribution in [0.1, 0.15) is 145 Å². The topological polar surface area (TPSA) is 18.5 Å². The summed E-state index contributed by atoms with van der Waals surface area (Å²) in [4.78, 5) is 0. The molecule has 0 aliphatic carbocycles. The predicted molar refractivity (Wildman–Crippen MR) is 150 cm³/mol. The van der Waals surface area contributed by atoms with E-state index in [2.05, 4.69) is 81.4 Å². The van der Waals surface area contributed by atoms with Crippen molar-refractivity contribution in [1.29, 1.82) is 0 Å². The number of rotatable bonds is 18. The fraction of sp³-hybridized carbons (Fsp3) is 0.812. The molecule has 2 atom stereocenters. The summed E-state index contributed by atoms with van der Waals surface area (Å²) in [6.07, 6.45) is 14.2. The van der Waals surface area contributed by atoms with Crippen molar-refractivity contribution in [2.75, 3.05) is 0 Å². The summed E-state index contributed by atoms with van der Waals surface area (Å²) in [5, 5.41) is 0. The smallest absolute Gasteiger partial charge is 0.123 e. The Morgan fingerprint density at radius 1 is 0.618 bits per heavy atom. The van der Waals surface area contributed by atoms with Crippen LogP contribution in [-0.4, -0.2) is 11.2 Å². The molecule has 34 heavy (non-hydrogen) atoms. The van der Waals surface area contributed by atoms with E-state index in [0.29, 0.717) is 11.8 Å². The third-order valence-electron chi connectivity index (χ3n) is 7.82. The van der Waals surface area contributed by atoms with Crippen LogP contribution in [0.4, 0.5) is 0 Å². The highest BCUT2D eigenvalue weighted by Crippen LogP contribution is 2.38. The second-order valence-corrected chi connectivity index (χ2v) is 11.7. The van der Waals surface area contributed by atoms with Gasteiger partial charge in [0, 0.05) is 0 Å². The van der Waals surface area contributed by atoms with E-state index in [-0.39, 0.29) is 11.2 Å². The van der Waals surface area contributed by atoms with E-state index in [1.54, 1.807) is 0 Å². The molecule has 1 rings (SSSR count). The van der Waals surface area contributed by atoms with Crippen molar-refractivity contribution < 1.29 is 9.47 Å².